The Hall–Kier alpha value is -1.68. The van der Waals surface area contributed by atoms with E-state index in [0.717, 1.165) is 30.9 Å². The van der Waals surface area contributed by atoms with E-state index in [4.69, 9.17) is 5.73 Å². The van der Waals surface area contributed by atoms with E-state index >= 15 is 0 Å². The predicted octanol–water partition coefficient (Wildman–Crippen LogP) is 1.91. The second kappa shape index (κ2) is 5.78. The van der Waals surface area contributed by atoms with Crippen molar-refractivity contribution in [2.45, 2.75) is 39.3 Å². The Labute approximate surface area is 108 Å². The zero-order valence-electron chi connectivity index (χ0n) is 11.0. The standard InChI is InChI=1S/C14H20N4/c1-3-12(15)9-14-17-7-8-18(14)10-13-11(2)5-4-6-16-13/h4-8,12H,3,9-10,15H2,1-2H3. The van der Waals surface area contributed by atoms with Crippen LogP contribution in [0.5, 0.6) is 0 Å². The minimum Gasteiger partial charge on any atom is -0.329 e. The zero-order valence-corrected chi connectivity index (χ0v) is 11.0. The Morgan fingerprint density at radius 2 is 2.17 bits per heavy atom. The molecule has 96 valence electrons. The van der Waals surface area contributed by atoms with Crippen LogP contribution in [0.4, 0.5) is 0 Å². The van der Waals surface area contributed by atoms with Gasteiger partial charge in [-0.1, -0.05) is 13.0 Å². The lowest BCUT2D eigenvalue weighted by atomic mass is 10.1. The Morgan fingerprint density at radius 1 is 1.33 bits per heavy atom. The summed E-state index contributed by atoms with van der Waals surface area (Å²) >= 11 is 0. The van der Waals surface area contributed by atoms with Crippen LogP contribution in [0.15, 0.2) is 30.7 Å². The molecule has 0 aliphatic heterocycles. The first-order valence-electron chi connectivity index (χ1n) is 6.36. The molecule has 2 aromatic rings. The molecule has 0 saturated heterocycles. The highest BCUT2D eigenvalue weighted by Crippen LogP contribution is 2.09. The molecule has 0 aliphatic rings. The highest BCUT2D eigenvalue weighted by molar-refractivity contribution is 5.18. The maximum Gasteiger partial charge on any atom is 0.110 e. The average molecular weight is 244 g/mol. The molecule has 0 bridgehead atoms. The molecule has 1 atom stereocenters. The molecular weight excluding hydrogens is 224 g/mol. The molecule has 18 heavy (non-hydrogen) atoms. The van der Waals surface area contributed by atoms with Gasteiger partial charge in [-0.25, -0.2) is 4.98 Å². The van der Waals surface area contributed by atoms with E-state index in [9.17, 15) is 0 Å². The predicted molar refractivity (Wildman–Crippen MR) is 72.3 cm³/mol. The SMILES string of the molecule is CCC(N)Cc1nccn1Cc1ncccc1C. The van der Waals surface area contributed by atoms with Gasteiger partial charge >= 0.3 is 0 Å². The Morgan fingerprint density at radius 3 is 2.89 bits per heavy atom. The van der Waals surface area contributed by atoms with Crippen LogP contribution in [-0.4, -0.2) is 20.6 Å². The normalized spacial score (nSPS) is 12.6. The van der Waals surface area contributed by atoms with Crippen molar-refractivity contribution in [1.82, 2.24) is 14.5 Å². The van der Waals surface area contributed by atoms with E-state index in [-0.39, 0.29) is 6.04 Å². The van der Waals surface area contributed by atoms with Gasteiger partial charge < -0.3 is 10.3 Å². The zero-order chi connectivity index (χ0) is 13.0. The first-order valence-corrected chi connectivity index (χ1v) is 6.36. The number of pyridine rings is 1. The fourth-order valence-electron chi connectivity index (χ4n) is 1.90. The van der Waals surface area contributed by atoms with Gasteiger partial charge in [0.05, 0.1) is 12.2 Å². The molecule has 0 spiro atoms. The van der Waals surface area contributed by atoms with E-state index in [1.165, 1.54) is 5.56 Å². The van der Waals surface area contributed by atoms with Gasteiger partial charge in [0.1, 0.15) is 5.82 Å². The van der Waals surface area contributed by atoms with Crippen LogP contribution < -0.4 is 5.73 Å². The summed E-state index contributed by atoms with van der Waals surface area (Å²) < 4.78 is 2.13. The number of nitrogens with two attached hydrogens (primary N) is 1. The molecule has 2 N–H and O–H groups in total. The monoisotopic (exact) mass is 244 g/mol. The Bertz CT molecular complexity index is 504. The molecule has 2 heterocycles. The summed E-state index contributed by atoms with van der Waals surface area (Å²) in [4.78, 5) is 8.80. The van der Waals surface area contributed by atoms with Crippen molar-refractivity contribution in [3.05, 3.63) is 47.8 Å². The summed E-state index contributed by atoms with van der Waals surface area (Å²) in [5, 5.41) is 0. The van der Waals surface area contributed by atoms with E-state index in [1.807, 2.05) is 24.7 Å². The third-order valence-corrected chi connectivity index (χ3v) is 3.21. The van der Waals surface area contributed by atoms with Gasteiger partial charge in [-0.15, -0.1) is 0 Å². The van der Waals surface area contributed by atoms with Gasteiger partial charge in [-0.2, -0.15) is 0 Å². The molecular formula is C14H20N4. The number of imidazole rings is 1. The summed E-state index contributed by atoms with van der Waals surface area (Å²) in [6.07, 6.45) is 7.43. The average Bonchev–Trinajstić information content (AvgIpc) is 2.79. The second-order valence-corrected chi connectivity index (χ2v) is 4.61. The number of aromatic nitrogens is 3. The van der Waals surface area contributed by atoms with Crippen LogP contribution >= 0.6 is 0 Å². The summed E-state index contributed by atoms with van der Waals surface area (Å²) in [7, 11) is 0. The quantitative estimate of drug-likeness (QED) is 0.874. The molecule has 0 saturated carbocycles. The fourth-order valence-corrected chi connectivity index (χ4v) is 1.90. The summed E-state index contributed by atoms with van der Waals surface area (Å²) in [5.41, 5.74) is 8.28. The maximum absolute atomic E-state index is 5.99. The Kier molecular flexibility index (Phi) is 4.10. The number of nitrogens with zero attached hydrogens (tertiary/aromatic N) is 3. The third-order valence-electron chi connectivity index (χ3n) is 3.21. The van der Waals surface area contributed by atoms with Gasteiger partial charge in [0, 0.05) is 31.1 Å². The topological polar surface area (TPSA) is 56.7 Å². The largest absolute Gasteiger partial charge is 0.329 e. The van der Waals surface area contributed by atoms with E-state index in [1.54, 1.807) is 0 Å². The van der Waals surface area contributed by atoms with Gasteiger partial charge in [-0.05, 0) is 25.0 Å². The first kappa shape index (κ1) is 12.8. The van der Waals surface area contributed by atoms with E-state index < -0.39 is 0 Å². The van der Waals surface area contributed by atoms with Crippen LogP contribution in [0.25, 0.3) is 0 Å². The van der Waals surface area contributed by atoms with Crippen molar-refractivity contribution in [1.29, 1.82) is 0 Å². The maximum atomic E-state index is 5.99. The van der Waals surface area contributed by atoms with Gasteiger partial charge in [-0.3, -0.25) is 4.98 Å². The molecule has 0 amide bonds. The van der Waals surface area contributed by atoms with Crippen molar-refractivity contribution >= 4 is 0 Å². The van der Waals surface area contributed by atoms with Crippen molar-refractivity contribution < 1.29 is 0 Å². The molecule has 0 radical (unpaired) electrons. The molecule has 0 aromatic carbocycles. The number of rotatable bonds is 5. The van der Waals surface area contributed by atoms with Gasteiger partial charge in [0.15, 0.2) is 0 Å². The summed E-state index contributed by atoms with van der Waals surface area (Å²) in [6, 6.07) is 4.22. The van der Waals surface area contributed by atoms with Crippen LogP contribution in [0, 0.1) is 6.92 Å². The second-order valence-electron chi connectivity index (χ2n) is 4.61. The summed E-state index contributed by atoms with van der Waals surface area (Å²) in [6.45, 7) is 4.94. The third kappa shape index (κ3) is 2.96. The minimum atomic E-state index is 0.177. The van der Waals surface area contributed by atoms with Crippen LogP contribution in [0.2, 0.25) is 0 Å². The van der Waals surface area contributed by atoms with Crippen molar-refractivity contribution in [2.75, 3.05) is 0 Å². The highest BCUT2D eigenvalue weighted by Gasteiger charge is 2.09. The van der Waals surface area contributed by atoms with Crippen molar-refractivity contribution in [3.8, 4) is 0 Å². The molecule has 4 nitrogen and oxygen atoms in total. The van der Waals surface area contributed by atoms with Gasteiger partial charge in [0.2, 0.25) is 0 Å². The number of hydrogen-bond acceptors (Lipinski definition) is 3. The Balaban J connectivity index is 2.15. The van der Waals surface area contributed by atoms with Crippen molar-refractivity contribution in [2.24, 2.45) is 5.73 Å². The minimum absolute atomic E-state index is 0.177. The van der Waals surface area contributed by atoms with E-state index in [0.29, 0.717) is 0 Å². The molecule has 4 heteroatoms. The molecule has 2 rings (SSSR count). The molecule has 0 fully saturated rings. The van der Waals surface area contributed by atoms with Crippen LogP contribution in [0.1, 0.15) is 30.4 Å². The van der Waals surface area contributed by atoms with Crippen LogP contribution in [0.3, 0.4) is 0 Å². The lowest BCUT2D eigenvalue weighted by molar-refractivity contribution is 0.594. The van der Waals surface area contributed by atoms with E-state index in [2.05, 4.69) is 34.4 Å². The number of hydrogen-bond donors (Lipinski definition) is 1. The lowest BCUT2D eigenvalue weighted by Crippen LogP contribution is -2.23. The molecule has 1 unspecified atom stereocenters. The lowest BCUT2D eigenvalue weighted by Gasteiger charge is -2.12. The fraction of sp³-hybridized carbons (Fsp3) is 0.429. The number of aryl methyl sites for hydroxylation is 1. The molecule has 2 aromatic heterocycles. The van der Waals surface area contributed by atoms with Crippen molar-refractivity contribution in [3.63, 3.8) is 0 Å². The molecule has 0 aliphatic carbocycles. The van der Waals surface area contributed by atoms with Gasteiger partial charge in [0.25, 0.3) is 0 Å². The van der Waals surface area contributed by atoms with Crippen LogP contribution in [-0.2, 0) is 13.0 Å². The highest BCUT2D eigenvalue weighted by atomic mass is 15.1. The smallest absolute Gasteiger partial charge is 0.110 e. The first-order chi connectivity index (χ1) is 8.70. The summed E-state index contributed by atoms with van der Waals surface area (Å²) in [5.74, 6) is 1.04.